The number of fused-ring (bicyclic) bond motifs is 3. The lowest BCUT2D eigenvalue weighted by molar-refractivity contribution is 0.0949. The van der Waals surface area contributed by atoms with E-state index in [1.807, 2.05) is 4.90 Å². The lowest BCUT2D eigenvalue weighted by Crippen LogP contribution is -2.36. The van der Waals surface area contributed by atoms with E-state index in [2.05, 4.69) is 14.6 Å². The number of nitrogens with zero attached hydrogens (tertiary/aromatic N) is 3. The van der Waals surface area contributed by atoms with Crippen LogP contribution in [0.4, 0.5) is 5.69 Å². The molecule has 27 heavy (non-hydrogen) atoms. The van der Waals surface area contributed by atoms with E-state index < -0.39 is 10.0 Å². The number of amides is 1. The molecule has 2 saturated heterocycles. The summed E-state index contributed by atoms with van der Waals surface area (Å²) < 4.78 is 29.3. The molecule has 0 bridgehead atoms. The average Bonchev–Trinajstić information content (AvgIpc) is 3.06. The van der Waals surface area contributed by atoms with Crippen LogP contribution in [0.1, 0.15) is 48.9 Å². The van der Waals surface area contributed by atoms with Crippen molar-refractivity contribution in [2.45, 2.75) is 43.4 Å². The maximum absolute atomic E-state index is 12.7. The maximum atomic E-state index is 12.7. The predicted molar refractivity (Wildman–Crippen MR) is 105 cm³/mol. The predicted octanol–water partition coefficient (Wildman–Crippen LogP) is 1.99. The Morgan fingerprint density at radius 3 is 2.67 bits per heavy atom. The van der Waals surface area contributed by atoms with Crippen molar-refractivity contribution in [3.63, 3.8) is 0 Å². The van der Waals surface area contributed by atoms with Gasteiger partial charge in [0.05, 0.1) is 5.69 Å². The lowest BCUT2D eigenvalue weighted by Gasteiger charge is -2.29. The van der Waals surface area contributed by atoms with Crippen molar-refractivity contribution in [2.75, 3.05) is 37.6 Å². The molecule has 4 rings (SSSR count). The highest BCUT2D eigenvalue weighted by molar-refractivity contribution is 7.90. The van der Waals surface area contributed by atoms with Crippen molar-refractivity contribution in [3.8, 4) is 0 Å². The van der Waals surface area contributed by atoms with Crippen molar-refractivity contribution in [3.05, 3.63) is 23.8 Å². The molecular formula is C19H26N4O3S. The fourth-order valence-corrected chi connectivity index (χ4v) is 5.34. The second kappa shape index (κ2) is 7.59. The van der Waals surface area contributed by atoms with Crippen molar-refractivity contribution in [2.24, 2.45) is 4.40 Å². The highest BCUT2D eigenvalue weighted by Gasteiger charge is 2.32. The summed E-state index contributed by atoms with van der Waals surface area (Å²) in [5, 5.41) is 2.90. The summed E-state index contributed by atoms with van der Waals surface area (Å²) in [6.07, 6.45) is 6.15. The standard InChI is InChI=1S/C19H26N4O3S/c24-19(20-9-13-22-10-4-5-11-22)15-7-8-16-17(14-15)27(25,26)21-18-6-2-1-3-12-23(16)18/h7-8,14H,1-6,9-13H2,(H,20,24). The fraction of sp³-hybridized carbons (Fsp3) is 0.579. The Balaban J connectivity index is 1.52. The molecule has 0 atom stereocenters. The number of carbonyl (C=O) groups excluding carboxylic acids is 1. The molecule has 3 aliphatic heterocycles. The van der Waals surface area contributed by atoms with E-state index in [0.717, 1.165) is 45.4 Å². The van der Waals surface area contributed by atoms with Crippen LogP contribution < -0.4 is 10.2 Å². The maximum Gasteiger partial charge on any atom is 0.286 e. The Bertz CT molecular complexity index is 860. The monoisotopic (exact) mass is 390 g/mol. The average molecular weight is 391 g/mol. The molecule has 1 aromatic rings. The van der Waals surface area contributed by atoms with Gasteiger partial charge in [0.1, 0.15) is 10.7 Å². The Morgan fingerprint density at radius 1 is 1.07 bits per heavy atom. The molecule has 0 radical (unpaired) electrons. The number of hydrogen-bond donors (Lipinski definition) is 1. The van der Waals surface area contributed by atoms with Crippen LogP contribution in [-0.2, 0) is 10.0 Å². The molecule has 1 amide bonds. The van der Waals surface area contributed by atoms with E-state index in [9.17, 15) is 13.2 Å². The molecule has 2 fully saturated rings. The largest absolute Gasteiger partial charge is 0.351 e. The van der Waals surface area contributed by atoms with Crippen LogP contribution in [0.3, 0.4) is 0 Å². The van der Waals surface area contributed by atoms with Gasteiger partial charge in [-0.25, -0.2) is 0 Å². The van der Waals surface area contributed by atoms with Crippen molar-refractivity contribution < 1.29 is 13.2 Å². The number of benzene rings is 1. The quantitative estimate of drug-likeness (QED) is 0.850. The zero-order chi connectivity index (χ0) is 18.9. The molecule has 1 N–H and O–H groups in total. The first-order valence-corrected chi connectivity index (χ1v) is 11.2. The SMILES string of the molecule is O=C(NCCN1CCCC1)c1ccc2c(c1)S(=O)(=O)N=C1CCCCCN12. The first-order chi connectivity index (χ1) is 13.0. The second-order valence-corrected chi connectivity index (χ2v) is 9.00. The molecule has 0 spiro atoms. The summed E-state index contributed by atoms with van der Waals surface area (Å²) in [5.41, 5.74) is 1.02. The number of sulfonamides is 1. The molecule has 146 valence electrons. The molecule has 0 saturated carbocycles. The van der Waals surface area contributed by atoms with E-state index in [0.29, 0.717) is 30.1 Å². The molecule has 8 heteroatoms. The van der Waals surface area contributed by atoms with Crippen molar-refractivity contribution in [1.29, 1.82) is 0 Å². The number of nitrogens with one attached hydrogen (secondary N) is 1. The normalized spacial score (nSPS) is 21.8. The van der Waals surface area contributed by atoms with Gasteiger partial charge in [-0.15, -0.1) is 4.40 Å². The molecular weight excluding hydrogens is 364 g/mol. The van der Waals surface area contributed by atoms with Crippen LogP contribution in [0.15, 0.2) is 27.5 Å². The van der Waals surface area contributed by atoms with Crippen LogP contribution in [0, 0.1) is 0 Å². The van der Waals surface area contributed by atoms with E-state index in [-0.39, 0.29) is 10.8 Å². The molecule has 7 nitrogen and oxygen atoms in total. The van der Waals surface area contributed by atoms with Crippen LogP contribution in [0.25, 0.3) is 0 Å². The summed E-state index contributed by atoms with van der Waals surface area (Å²) in [5.74, 6) is 0.389. The third-order valence-electron chi connectivity index (χ3n) is 5.52. The van der Waals surface area contributed by atoms with E-state index in [4.69, 9.17) is 0 Å². The highest BCUT2D eigenvalue weighted by atomic mass is 32.2. The lowest BCUT2D eigenvalue weighted by atomic mass is 10.1. The summed E-state index contributed by atoms with van der Waals surface area (Å²) in [6, 6.07) is 4.94. The molecule has 1 aromatic carbocycles. The molecule has 0 unspecified atom stereocenters. The highest BCUT2D eigenvalue weighted by Crippen LogP contribution is 2.34. The molecule has 3 heterocycles. The summed E-state index contributed by atoms with van der Waals surface area (Å²) >= 11 is 0. The number of likely N-dealkylation sites (tertiary alicyclic amines) is 1. The van der Waals surface area contributed by atoms with E-state index in [1.54, 1.807) is 12.1 Å². The summed E-state index contributed by atoms with van der Waals surface area (Å²) in [4.78, 5) is 16.9. The van der Waals surface area contributed by atoms with Gasteiger partial charge in [-0.3, -0.25) is 4.79 Å². The first-order valence-electron chi connectivity index (χ1n) is 9.81. The number of carbonyl (C=O) groups is 1. The topological polar surface area (TPSA) is 82.1 Å². The van der Waals surface area contributed by atoms with E-state index in [1.165, 1.54) is 18.9 Å². The van der Waals surface area contributed by atoms with Gasteiger partial charge in [-0.1, -0.05) is 6.42 Å². The Kier molecular flexibility index (Phi) is 5.19. The Hall–Kier alpha value is -1.93. The number of amidine groups is 1. The zero-order valence-electron chi connectivity index (χ0n) is 15.5. The third-order valence-corrected chi connectivity index (χ3v) is 6.86. The minimum absolute atomic E-state index is 0.139. The second-order valence-electron chi connectivity index (χ2n) is 7.43. The van der Waals surface area contributed by atoms with Gasteiger partial charge in [-0.2, -0.15) is 8.42 Å². The minimum Gasteiger partial charge on any atom is -0.351 e. The van der Waals surface area contributed by atoms with E-state index >= 15 is 0 Å². The molecule has 0 aromatic heterocycles. The van der Waals surface area contributed by atoms with Crippen molar-refractivity contribution >= 4 is 27.5 Å². The van der Waals surface area contributed by atoms with Gasteiger partial charge in [0.25, 0.3) is 15.9 Å². The smallest absolute Gasteiger partial charge is 0.286 e. The van der Waals surface area contributed by atoms with Crippen LogP contribution in [0.5, 0.6) is 0 Å². The van der Waals surface area contributed by atoms with Gasteiger partial charge in [0.2, 0.25) is 0 Å². The fourth-order valence-electron chi connectivity index (χ4n) is 4.06. The van der Waals surface area contributed by atoms with Crippen LogP contribution >= 0.6 is 0 Å². The zero-order valence-corrected chi connectivity index (χ0v) is 16.3. The summed E-state index contributed by atoms with van der Waals surface area (Å²) in [6.45, 7) is 4.34. The third kappa shape index (κ3) is 3.87. The van der Waals surface area contributed by atoms with Crippen LogP contribution in [0.2, 0.25) is 0 Å². The van der Waals surface area contributed by atoms with Gasteiger partial charge < -0.3 is 15.1 Å². The molecule has 0 aliphatic carbocycles. The van der Waals surface area contributed by atoms with Crippen LogP contribution in [-0.4, -0.2) is 57.8 Å². The first kappa shape index (κ1) is 18.4. The van der Waals surface area contributed by atoms with Crippen molar-refractivity contribution in [1.82, 2.24) is 10.2 Å². The number of hydrogen-bond acceptors (Lipinski definition) is 5. The number of rotatable bonds is 4. The summed E-state index contributed by atoms with van der Waals surface area (Å²) in [7, 11) is -3.76. The molecule has 3 aliphatic rings. The Labute approximate surface area is 160 Å². The van der Waals surface area contributed by atoms with Gasteiger partial charge in [0.15, 0.2) is 0 Å². The van der Waals surface area contributed by atoms with Gasteiger partial charge in [0, 0.05) is 31.6 Å². The number of anilines is 1. The minimum atomic E-state index is -3.76. The Morgan fingerprint density at radius 2 is 1.85 bits per heavy atom. The van der Waals surface area contributed by atoms with Gasteiger partial charge >= 0.3 is 0 Å². The van der Waals surface area contributed by atoms with Gasteiger partial charge in [-0.05, 0) is 57.0 Å².